The van der Waals surface area contributed by atoms with E-state index in [0.29, 0.717) is 12.1 Å². The van der Waals surface area contributed by atoms with Crippen LogP contribution in [0.15, 0.2) is 36.4 Å². The predicted octanol–water partition coefficient (Wildman–Crippen LogP) is 4.18. The fraction of sp³-hybridized carbons (Fsp3) is 0.222. The second-order valence-electron chi connectivity index (χ2n) is 5.36. The molecule has 114 valence electrons. The van der Waals surface area contributed by atoms with E-state index in [4.69, 9.17) is 5.73 Å². The normalized spacial score (nSPS) is 11.3. The Morgan fingerprint density at radius 2 is 1.82 bits per heavy atom. The third-order valence-corrected chi connectivity index (χ3v) is 3.94. The number of H-pyrrole nitrogens is 1. The molecule has 0 amide bonds. The molecule has 0 radical (unpaired) electrons. The zero-order valence-corrected chi connectivity index (χ0v) is 12.4. The van der Waals surface area contributed by atoms with Gasteiger partial charge in [-0.2, -0.15) is 0 Å². The Morgan fingerprint density at radius 1 is 1.09 bits per heavy atom. The van der Waals surface area contributed by atoms with Crippen molar-refractivity contribution in [3.05, 3.63) is 59.3 Å². The number of aromatic nitrogens is 1. The maximum Gasteiger partial charge on any atom is 0.126 e. The first-order chi connectivity index (χ1) is 10.6. The average molecular weight is 300 g/mol. The molecule has 1 aromatic heterocycles. The van der Waals surface area contributed by atoms with Crippen molar-refractivity contribution in [2.45, 2.75) is 19.8 Å². The third-order valence-electron chi connectivity index (χ3n) is 3.94. The monoisotopic (exact) mass is 300 g/mol. The zero-order chi connectivity index (χ0) is 15.7. The summed E-state index contributed by atoms with van der Waals surface area (Å²) >= 11 is 0. The number of benzene rings is 2. The lowest BCUT2D eigenvalue weighted by Crippen LogP contribution is -2.04. The molecule has 4 heteroatoms. The molecule has 0 bridgehead atoms. The molecule has 1 heterocycles. The molecule has 0 saturated heterocycles. The first kappa shape index (κ1) is 14.7. The van der Waals surface area contributed by atoms with Crippen molar-refractivity contribution in [3.8, 4) is 11.1 Å². The van der Waals surface area contributed by atoms with Crippen LogP contribution in [0.1, 0.15) is 18.2 Å². The lowest BCUT2D eigenvalue weighted by atomic mass is 9.96. The van der Waals surface area contributed by atoms with Gasteiger partial charge < -0.3 is 10.7 Å². The summed E-state index contributed by atoms with van der Waals surface area (Å²) < 4.78 is 27.1. The van der Waals surface area contributed by atoms with Crippen molar-refractivity contribution in [3.63, 3.8) is 0 Å². The highest BCUT2D eigenvalue weighted by molar-refractivity contribution is 5.98. The summed E-state index contributed by atoms with van der Waals surface area (Å²) in [5.74, 6) is -1.14. The van der Waals surface area contributed by atoms with Crippen LogP contribution >= 0.6 is 0 Å². The summed E-state index contributed by atoms with van der Waals surface area (Å²) in [5, 5.41) is 1.01. The van der Waals surface area contributed by atoms with E-state index in [2.05, 4.69) is 11.9 Å². The van der Waals surface area contributed by atoms with Crippen molar-refractivity contribution in [2.75, 3.05) is 6.54 Å². The Kier molecular flexibility index (Phi) is 3.94. The number of aromatic amines is 1. The summed E-state index contributed by atoms with van der Waals surface area (Å²) in [4.78, 5) is 3.39. The van der Waals surface area contributed by atoms with Gasteiger partial charge in [0.05, 0.1) is 0 Å². The molecule has 22 heavy (non-hydrogen) atoms. The number of halogens is 2. The maximum absolute atomic E-state index is 13.6. The summed E-state index contributed by atoms with van der Waals surface area (Å²) in [7, 11) is 0. The lowest BCUT2D eigenvalue weighted by Gasteiger charge is -2.08. The van der Waals surface area contributed by atoms with Crippen LogP contribution < -0.4 is 5.73 Å². The molecule has 3 rings (SSSR count). The molecule has 0 atom stereocenters. The van der Waals surface area contributed by atoms with Crippen molar-refractivity contribution >= 4 is 10.9 Å². The van der Waals surface area contributed by atoms with Gasteiger partial charge in [-0.3, -0.25) is 0 Å². The largest absolute Gasteiger partial charge is 0.358 e. The Hall–Kier alpha value is -2.20. The molecule has 0 saturated carbocycles. The fourth-order valence-corrected chi connectivity index (χ4v) is 3.04. The summed E-state index contributed by atoms with van der Waals surface area (Å²) in [5.41, 5.74) is 10.4. The molecule has 0 aliphatic heterocycles. The topological polar surface area (TPSA) is 41.8 Å². The van der Waals surface area contributed by atoms with E-state index in [1.54, 1.807) is 0 Å². The van der Waals surface area contributed by atoms with Crippen molar-refractivity contribution in [1.82, 2.24) is 4.98 Å². The summed E-state index contributed by atoms with van der Waals surface area (Å²) in [6.45, 7) is 2.61. The van der Waals surface area contributed by atoms with Crippen LogP contribution in [0.2, 0.25) is 0 Å². The van der Waals surface area contributed by atoms with E-state index in [9.17, 15) is 8.78 Å². The number of nitrogens with one attached hydrogen (secondary N) is 1. The Morgan fingerprint density at radius 3 is 2.45 bits per heavy atom. The van der Waals surface area contributed by atoms with Crippen LogP contribution in [0.3, 0.4) is 0 Å². The number of hydrogen-bond acceptors (Lipinski definition) is 1. The van der Waals surface area contributed by atoms with Crippen molar-refractivity contribution in [1.29, 1.82) is 0 Å². The predicted molar refractivity (Wildman–Crippen MR) is 85.8 cm³/mol. The zero-order valence-electron chi connectivity index (χ0n) is 12.4. The van der Waals surface area contributed by atoms with Gasteiger partial charge >= 0.3 is 0 Å². The number of hydrogen-bond donors (Lipinski definition) is 2. The molecule has 0 unspecified atom stereocenters. The van der Waals surface area contributed by atoms with Gasteiger partial charge in [0, 0.05) is 22.7 Å². The second kappa shape index (κ2) is 5.89. The Balaban J connectivity index is 2.31. The number of aryl methyl sites for hydroxylation is 1. The van der Waals surface area contributed by atoms with Crippen LogP contribution in [-0.4, -0.2) is 11.5 Å². The lowest BCUT2D eigenvalue weighted by molar-refractivity contribution is 0.584. The van der Waals surface area contributed by atoms with Crippen LogP contribution in [-0.2, 0) is 12.8 Å². The molecule has 0 spiro atoms. The van der Waals surface area contributed by atoms with E-state index in [1.807, 2.05) is 18.2 Å². The second-order valence-corrected chi connectivity index (χ2v) is 5.36. The van der Waals surface area contributed by atoms with Gasteiger partial charge in [-0.05, 0) is 54.3 Å². The first-order valence-corrected chi connectivity index (χ1v) is 7.43. The highest BCUT2D eigenvalue weighted by atomic mass is 19.1. The van der Waals surface area contributed by atoms with Gasteiger partial charge in [0.15, 0.2) is 0 Å². The molecule has 0 aliphatic carbocycles. The Bertz CT molecular complexity index is 801. The third kappa shape index (κ3) is 2.50. The maximum atomic E-state index is 13.6. The highest BCUT2D eigenvalue weighted by Gasteiger charge is 2.15. The van der Waals surface area contributed by atoms with Gasteiger partial charge in [0.25, 0.3) is 0 Å². The SMILES string of the molecule is CCc1[nH]c2cccc(-c3cc(F)cc(F)c3)c2c1CCN. The van der Waals surface area contributed by atoms with E-state index in [1.165, 1.54) is 12.1 Å². The van der Waals surface area contributed by atoms with Gasteiger partial charge in [-0.1, -0.05) is 19.1 Å². The number of fused-ring (bicyclic) bond motifs is 1. The number of rotatable bonds is 4. The summed E-state index contributed by atoms with van der Waals surface area (Å²) in [6.07, 6.45) is 1.60. The minimum Gasteiger partial charge on any atom is -0.358 e. The smallest absolute Gasteiger partial charge is 0.126 e. The van der Waals surface area contributed by atoms with Gasteiger partial charge in [-0.15, -0.1) is 0 Å². The van der Waals surface area contributed by atoms with Crippen LogP contribution in [0, 0.1) is 11.6 Å². The van der Waals surface area contributed by atoms with E-state index >= 15 is 0 Å². The van der Waals surface area contributed by atoms with Gasteiger partial charge in [-0.25, -0.2) is 8.78 Å². The van der Waals surface area contributed by atoms with E-state index in [-0.39, 0.29) is 0 Å². The average Bonchev–Trinajstić information content (AvgIpc) is 2.84. The van der Waals surface area contributed by atoms with Crippen LogP contribution in [0.25, 0.3) is 22.0 Å². The Labute approximate surface area is 128 Å². The minimum absolute atomic E-state index is 0.534. The quantitative estimate of drug-likeness (QED) is 0.746. The minimum atomic E-state index is -0.571. The van der Waals surface area contributed by atoms with Crippen LogP contribution in [0.4, 0.5) is 8.78 Å². The van der Waals surface area contributed by atoms with E-state index in [0.717, 1.165) is 46.6 Å². The first-order valence-electron chi connectivity index (χ1n) is 7.43. The van der Waals surface area contributed by atoms with Gasteiger partial charge in [0.2, 0.25) is 0 Å². The molecule has 3 aromatic rings. The van der Waals surface area contributed by atoms with Gasteiger partial charge in [0.1, 0.15) is 11.6 Å². The molecule has 3 N–H and O–H groups in total. The number of nitrogens with two attached hydrogens (primary N) is 1. The molecular formula is C18H18F2N2. The molecule has 2 nitrogen and oxygen atoms in total. The molecule has 0 fully saturated rings. The van der Waals surface area contributed by atoms with Crippen molar-refractivity contribution < 1.29 is 8.78 Å². The molecule has 2 aromatic carbocycles. The fourth-order valence-electron chi connectivity index (χ4n) is 3.04. The van der Waals surface area contributed by atoms with E-state index < -0.39 is 11.6 Å². The molecular weight excluding hydrogens is 282 g/mol. The van der Waals surface area contributed by atoms with Crippen molar-refractivity contribution in [2.24, 2.45) is 5.73 Å². The van der Waals surface area contributed by atoms with Crippen LogP contribution in [0.5, 0.6) is 0 Å². The molecule has 0 aliphatic rings. The highest BCUT2D eigenvalue weighted by Crippen LogP contribution is 2.34. The standard InChI is InChI=1S/C18H18F2N2/c1-2-16-15(6-7-21)18-14(4-3-5-17(18)22-16)11-8-12(19)10-13(20)9-11/h3-5,8-10,22H,2,6-7,21H2,1H3. The summed E-state index contributed by atoms with van der Waals surface area (Å²) in [6, 6.07) is 9.38.